The van der Waals surface area contributed by atoms with Crippen LogP contribution in [0, 0.1) is 6.92 Å². The highest BCUT2D eigenvalue weighted by atomic mass is 32.2. The second-order valence-electron chi connectivity index (χ2n) is 7.05. The molecule has 0 saturated carbocycles. The number of rotatable bonds is 9. The van der Waals surface area contributed by atoms with Gasteiger partial charge in [0.25, 0.3) is 0 Å². The zero-order valence-electron chi connectivity index (χ0n) is 17.7. The van der Waals surface area contributed by atoms with E-state index in [2.05, 4.69) is 5.32 Å². The van der Waals surface area contributed by atoms with Gasteiger partial charge >= 0.3 is 0 Å². The molecule has 0 aliphatic carbocycles. The Bertz CT molecular complexity index is 909. The molecule has 2 atom stereocenters. The minimum Gasteiger partial charge on any atom is -0.494 e. The Hall–Kier alpha value is -2.54. The van der Waals surface area contributed by atoms with Crippen LogP contribution in [0.2, 0.25) is 0 Å². The molecule has 0 radical (unpaired) electrons. The summed E-state index contributed by atoms with van der Waals surface area (Å²) in [7, 11) is -3.67. The summed E-state index contributed by atoms with van der Waals surface area (Å²) in [6.45, 7) is 8.08. The standard InChI is InChI=1S/C22H30N2O4S/c1-6-21(22(25)23-17(4)18-10-8-16(3)9-11-18)24(29(5,26)27)19-12-14-20(15-13-19)28-7-2/h8-15,17,21H,6-7H2,1-5H3,(H,23,25)/t17-,21+/m1/s1. The number of hydrogen-bond acceptors (Lipinski definition) is 4. The van der Waals surface area contributed by atoms with E-state index in [1.807, 2.05) is 45.0 Å². The number of sulfonamides is 1. The molecule has 0 bridgehead atoms. The molecule has 2 rings (SSSR count). The normalized spacial score (nSPS) is 13.4. The maximum absolute atomic E-state index is 13.0. The summed E-state index contributed by atoms with van der Waals surface area (Å²) in [4.78, 5) is 13.0. The molecule has 7 heteroatoms. The Kier molecular flexibility index (Phi) is 7.67. The van der Waals surface area contributed by atoms with Crippen LogP contribution in [0.5, 0.6) is 5.75 Å². The fourth-order valence-corrected chi connectivity index (χ4v) is 4.38. The van der Waals surface area contributed by atoms with Gasteiger partial charge in [0.05, 0.1) is 24.6 Å². The van der Waals surface area contributed by atoms with Crippen molar-refractivity contribution in [1.29, 1.82) is 0 Å². The quantitative estimate of drug-likeness (QED) is 0.672. The van der Waals surface area contributed by atoms with Crippen molar-refractivity contribution in [2.75, 3.05) is 17.2 Å². The Morgan fingerprint density at radius 2 is 1.66 bits per heavy atom. The van der Waals surface area contributed by atoms with Crippen LogP contribution in [0.3, 0.4) is 0 Å². The van der Waals surface area contributed by atoms with Crippen molar-refractivity contribution in [1.82, 2.24) is 5.32 Å². The molecule has 1 amide bonds. The fraction of sp³-hybridized carbons (Fsp3) is 0.409. The predicted octanol–water partition coefficient (Wildman–Crippen LogP) is 3.82. The van der Waals surface area contributed by atoms with Crippen LogP contribution < -0.4 is 14.4 Å². The Labute approximate surface area is 173 Å². The molecule has 0 aliphatic heterocycles. The SMILES string of the molecule is CCOc1ccc(N([C@@H](CC)C(=O)N[C@H](C)c2ccc(C)cc2)S(C)(=O)=O)cc1. The van der Waals surface area contributed by atoms with Gasteiger partial charge in [0, 0.05) is 0 Å². The molecule has 0 spiro atoms. The lowest BCUT2D eigenvalue weighted by Gasteiger charge is -2.31. The summed E-state index contributed by atoms with van der Waals surface area (Å²) in [5, 5.41) is 2.95. The highest BCUT2D eigenvalue weighted by molar-refractivity contribution is 7.92. The van der Waals surface area contributed by atoms with Gasteiger partial charge in [-0.3, -0.25) is 9.10 Å². The number of ether oxygens (including phenoxy) is 1. The number of aryl methyl sites for hydroxylation is 1. The van der Waals surface area contributed by atoms with Gasteiger partial charge in [-0.25, -0.2) is 8.42 Å². The number of benzene rings is 2. The van der Waals surface area contributed by atoms with Gasteiger partial charge < -0.3 is 10.1 Å². The number of carbonyl (C=O) groups is 1. The number of nitrogens with zero attached hydrogens (tertiary/aromatic N) is 1. The summed E-state index contributed by atoms with van der Waals surface area (Å²) in [6.07, 6.45) is 1.45. The summed E-state index contributed by atoms with van der Waals surface area (Å²) in [5.74, 6) is 0.315. The first-order valence-corrected chi connectivity index (χ1v) is 11.6. The number of hydrogen-bond donors (Lipinski definition) is 1. The van der Waals surface area contributed by atoms with Crippen LogP contribution in [0.4, 0.5) is 5.69 Å². The van der Waals surface area contributed by atoms with Crippen molar-refractivity contribution in [3.63, 3.8) is 0 Å². The zero-order valence-corrected chi connectivity index (χ0v) is 18.5. The van der Waals surface area contributed by atoms with Crippen LogP contribution in [0.1, 0.15) is 44.4 Å². The third-order valence-electron chi connectivity index (χ3n) is 4.67. The molecule has 158 valence electrons. The van der Waals surface area contributed by atoms with Crippen LogP contribution in [-0.4, -0.2) is 33.2 Å². The minimum atomic E-state index is -3.67. The molecule has 2 aromatic rings. The van der Waals surface area contributed by atoms with E-state index < -0.39 is 16.1 Å². The summed E-state index contributed by atoms with van der Waals surface area (Å²) < 4.78 is 31.7. The third kappa shape index (κ3) is 5.97. The Morgan fingerprint density at radius 3 is 2.14 bits per heavy atom. The Morgan fingerprint density at radius 1 is 1.07 bits per heavy atom. The smallest absolute Gasteiger partial charge is 0.244 e. The molecular formula is C22H30N2O4S. The number of nitrogens with one attached hydrogen (secondary N) is 1. The van der Waals surface area contributed by atoms with Crippen LogP contribution in [0.15, 0.2) is 48.5 Å². The average molecular weight is 419 g/mol. The predicted molar refractivity (Wildman–Crippen MR) is 117 cm³/mol. The minimum absolute atomic E-state index is 0.237. The first-order valence-electron chi connectivity index (χ1n) is 9.76. The second-order valence-corrected chi connectivity index (χ2v) is 8.91. The third-order valence-corrected chi connectivity index (χ3v) is 5.85. The van der Waals surface area contributed by atoms with Crippen LogP contribution in [0.25, 0.3) is 0 Å². The van der Waals surface area contributed by atoms with Gasteiger partial charge in [-0.1, -0.05) is 36.8 Å². The lowest BCUT2D eigenvalue weighted by atomic mass is 10.1. The van der Waals surface area contributed by atoms with Crippen molar-refractivity contribution in [3.8, 4) is 5.75 Å². The molecule has 0 unspecified atom stereocenters. The van der Waals surface area contributed by atoms with E-state index >= 15 is 0 Å². The molecule has 6 nitrogen and oxygen atoms in total. The molecule has 29 heavy (non-hydrogen) atoms. The molecule has 0 aliphatic rings. The molecule has 0 fully saturated rings. The maximum Gasteiger partial charge on any atom is 0.244 e. The van der Waals surface area contributed by atoms with Crippen LogP contribution >= 0.6 is 0 Å². The van der Waals surface area contributed by atoms with E-state index in [1.54, 1.807) is 31.2 Å². The molecular weight excluding hydrogens is 388 g/mol. The zero-order chi connectivity index (χ0) is 21.6. The summed E-state index contributed by atoms with van der Waals surface area (Å²) >= 11 is 0. The maximum atomic E-state index is 13.0. The molecule has 1 N–H and O–H groups in total. The molecule has 2 aromatic carbocycles. The van der Waals surface area contributed by atoms with Crippen molar-refractivity contribution >= 4 is 21.6 Å². The van der Waals surface area contributed by atoms with Gasteiger partial charge in [-0.15, -0.1) is 0 Å². The van der Waals surface area contributed by atoms with Gasteiger partial charge in [0.1, 0.15) is 11.8 Å². The van der Waals surface area contributed by atoms with Crippen LogP contribution in [-0.2, 0) is 14.8 Å². The van der Waals surface area contributed by atoms with Crippen molar-refractivity contribution in [2.24, 2.45) is 0 Å². The van der Waals surface area contributed by atoms with Gasteiger partial charge in [-0.2, -0.15) is 0 Å². The Balaban J connectivity index is 2.27. The van der Waals surface area contributed by atoms with E-state index in [-0.39, 0.29) is 11.9 Å². The monoisotopic (exact) mass is 418 g/mol. The average Bonchev–Trinajstić information content (AvgIpc) is 2.66. The second kappa shape index (κ2) is 9.78. The molecule has 0 heterocycles. The highest BCUT2D eigenvalue weighted by Crippen LogP contribution is 2.26. The van der Waals surface area contributed by atoms with Crippen molar-refractivity contribution in [3.05, 3.63) is 59.7 Å². The highest BCUT2D eigenvalue weighted by Gasteiger charge is 2.32. The van der Waals surface area contributed by atoms with Crippen molar-refractivity contribution < 1.29 is 17.9 Å². The van der Waals surface area contributed by atoms with E-state index in [4.69, 9.17) is 4.74 Å². The topological polar surface area (TPSA) is 75.7 Å². The number of amides is 1. The van der Waals surface area contributed by atoms with Crippen molar-refractivity contribution in [2.45, 2.75) is 46.2 Å². The first kappa shape index (κ1) is 22.7. The number of anilines is 1. The number of carbonyl (C=O) groups excluding carboxylic acids is 1. The van der Waals surface area contributed by atoms with E-state index in [1.165, 1.54) is 4.31 Å². The summed E-state index contributed by atoms with van der Waals surface area (Å²) in [5.41, 5.74) is 2.53. The van der Waals surface area contributed by atoms with Gasteiger partial charge in [-0.05, 0) is 57.0 Å². The first-order chi connectivity index (χ1) is 13.7. The summed E-state index contributed by atoms with van der Waals surface area (Å²) in [6, 6.07) is 13.5. The van der Waals surface area contributed by atoms with E-state index in [9.17, 15) is 13.2 Å². The lowest BCUT2D eigenvalue weighted by molar-refractivity contribution is -0.122. The van der Waals surface area contributed by atoms with Gasteiger partial charge in [0.15, 0.2) is 0 Å². The fourth-order valence-electron chi connectivity index (χ4n) is 3.16. The largest absolute Gasteiger partial charge is 0.494 e. The molecule has 0 saturated heterocycles. The van der Waals surface area contributed by atoms with Gasteiger partial charge in [0.2, 0.25) is 15.9 Å². The van der Waals surface area contributed by atoms with E-state index in [0.29, 0.717) is 24.5 Å². The van der Waals surface area contributed by atoms with E-state index in [0.717, 1.165) is 17.4 Å². The lowest BCUT2D eigenvalue weighted by Crippen LogP contribution is -2.49. The molecule has 0 aromatic heterocycles.